The van der Waals surface area contributed by atoms with Crippen molar-refractivity contribution >= 4 is 33.5 Å². The summed E-state index contributed by atoms with van der Waals surface area (Å²) in [6, 6.07) is 6.29. The number of aromatic nitrogens is 1. The smallest absolute Gasteiger partial charge is 0.132 e. The highest BCUT2D eigenvalue weighted by Gasteiger charge is 2.04. The molecule has 0 aliphatic carbocycles. The van der Waals surface area contributed by atoms with Gasteiger partial charge in [0, 0.05) is 24.1 Å². The van der Waals surface area contributed by atoms with Gasteiger partial charge in [-0.3, -0.25) is 0 Å². The predicted octanol–water partition coefficient (Wildman–Crippen LogP) is 2.79. The molecule has 0 amide bonds. The number of aryl methyl sites for hydroxylation is 1. The molecule has 0 bridgehead atoms. The second-order valence-corrected chi connectivity index (χ2v) is 4.13. The van der Waals surface area contributed by atoms with Crippen molar-refractivity contribution in [3.05, 3.63) is 28.0 Å². The molecule has 1 aromatic carbocycles. The number of hydrogen-bond acceptors (Lipinski definition) is 1. The summed E-state index contributed by atoms with van der Waals surface area (Å²) in [5.41, 5.74) is 1.24. The molecule has 0 unspecified atom stereocenters. The van der Waals surface area contributed by atoms with Crippen LogP contribution in [0.25, 0.3) is 10.9 Å². The van der Waals surface area contributed by atoms with Gasteiger partial charge < -0.3 is 9.30 Å². The van der Waals surface area contributed by atoms with Crippen molar-refractivity contribution in [2.45, 2.75) is 0 Å². The van der Waals surface area contributed by atoms with Crippen LogP contribution in [0, 0.1) is 3.57 Å². The lowest BCUT2D eigenvalue weighted by molar-refractivity contribution is 0.412. The molecule has 68 valence electrons. The average Bonchev–Trinajstić information content (AvgIpc) is 2.47. The fourth-order valence-corrected chi connectivity index (χ4v) is 2.10. The lowest BCUT2D eigenvalue weighted by Gasteiger charge is -2.03. The van der Waals surface area contributed by atoms with Gasteiger partial charge in [-0.15, -0.1) is 0 Å². The van der Waals surface area contributed by atoms with E-state index < -0.39 is 0 Å². The largest absolute Gasteiger partial charge is 0.496 e. The van der Waals surface area contributed by atoms with Crippen molar-refractivity contribution in [1.29, 1.82) is 0 Å². The van der Waals surface area contributed by atoms with Gasteiger partial charge >= 0.3 is 0 Å². The Hall–Kier alpha value is -0.710. The fourth-order valence-electron chi connectivity index (χ4n) is 1.43. The minimum absolute atomic E-state index is 0.944. The molecule has 2 aromatic rings. The quantitative estimate of drug-likeness (QED) is 0.736. The number of hydrogen-bond donors (Lipinski definition) is 0. The van der Waals surface area contributed by atoms with E-state index in [9.17, 15) is 0 Å². The summed E-state index contributed by atoms with van der Waals surface area (Å²) in [7, 11) is 3.75. The normalized spacial score (nSPS) is 10.7. The van der Waals surface area contributed by atoms with E-state index in [-0.39, 0.29) is 0 Å². The third-order valence-electron chi connectivity index (χ3n) is 2.16. The van der Waals surface area contributed by atoms with Crippen LogP contribution < -0.4 is 4.74 Å². The van der Waals surface area contributed by atoms with E-state index in [1.807, 2.05) is 7.05 Å². The molecule has 2 rings (SSSR count). The molecule has 0 aliphatic rings. The van der Waals surface area contributed by atoms with Crippen molar-refractivity contribution < 1.29 is 4.74 Å². The summed E-state index contributed by atoms with van der Waals surface area (Å²) in [5.74, 6) is 0.944. The van der Waals surface area contributed by atoms with Crippen LogP contribution in [-0.2, 0) is 7.05 Å². The zero-order chi connectivity index (χ0) is 9.42. The second kappa shape index (κ2) is 3.21. The molecule has 2 nitrogen and oxygen atoms in total. The third-order valence-corrected chi connectivity index (χ3v) is 3.00. The molecular weight excluding hydrogens is 277 g/mol. The molecule has 0 aliphatic heterocycles. The Morgan fingerprint density at radius 2 is 2.15 bits per heavy atom. The number of rotatable bonds is 1. The Balaban J connectivity index is 2.76. The maximum Gasteiger partial charge on any atom is 0.132 e. The molecule has 0 N–H and O–H groups in total. The van der Waals surface area contributed by atoms with Crippen LogP contribution >= 0.6 is 22.6 Å². The summed E-state index contributed by atoms with van der Waals surface area (Å²) in [4.78, 5) is 0. The maximum atomic E-state index is 5.25. The zero-order valence-electron chi connectivity index (χ0n) is 7.54. The van der Waals surface area contributed by atoms with E-state index in [2.05, 4.69) is 51.6 Å². The monoisotopic (exact) mass is 287 g/mol. The van der Waals surface area contributed by atoms with E-state index in [1.54, 1.807) is 7.11 Å². The van der Waals surface area contributed by atoms with Gasteiger partial charge in [-0.05, 0) is 40.8 Å². The molecule has 1 aromatic heterocycles. The molecule has 1 heterocycles. The molecule has 0 fully saturated rings. The Morgan fingerprint density at radius 1 is 1.38 bits per heavy atom. The van der Waals surface area contributed by atoms with Crippen LogP contribution in [0.15, 0.2) is 24.4 Å². The standard InChI is InChI=1S/C10H10INO/c1-12-4-3-7-5-10(13-2)8(11)6-9(7)12/h3-6H,1-2H3. The van der Waals surface area contributed by atoms with Crippen molar-refractivity contribution in [2.75, 3.05) is 7.11 Å². The predicted molar refractivity (Wildman–Crippen MR) is 62.2 cm³/mol. The van der Waals surface area contributed by atoms with Gasteiger partial charge in [-0.2, -0.15) is 0 Å². The summed E-state index contributed by atoms with van der Waals surface area (Å²) in [6.45, 7) is 0. The Morgan fingerprint density at radius 3 is 2.85 bits per heavy atom. The van der Waals surface area contributed by atoms with Crippen LogP contribution in [0.4, 0.5) is 0 Å². The van der Waals surface area contributed by atoms with Crippen LogP contribution in [0.1, 0.15) is 0 Å². The lowest BCUT2D eigenvalue weighted by Crippen LogP contribution is -1.88. The van der Waals surface area contributed by atoms with Crippen LogP contribution in [0.5, 0.6) is 5.75 Å². The van der Waals surface area contributed by atoms with E-state index in [1.165, 1.54) is 10.9 Å². The summed E-state index contributed by atoms with van der Waals surface area (Å²) in [6.07, 6.45) is 2.06. The molecule has 3 heteroatoms. The molecule has 0 saturated carbocycles. The zero-order valence-corrected chi connectivity index (χ0v) is 9.70. The summed E-state index contributed by atoms with van der Waals surface area (Å²) < 4.78 is 8.50. The van der Waals surface area contributed by atoms with Gasteiger partial charge in [0.05, 0.1) is 10.7 Å². The number of halogens is 1. The fraction of sp³-hybridized carbons (Fsp3) is 0.200. The number of methoxy groups -OCH3 is 1. The maximum absolute atomic E-state index is 5.25. The third kappa shape index (κ3) is 1.41. The van der Waals surface area contributed by atoms with Crippen LogP contribution in [0.2, 0.25) is 0 Å². The van der Waals surface area contributed by atoms with Crippen molar-refractivity contribution in [3.63, 3.8) is 0 Å². The van der Waals surface area contributed by atoms with Gasteiger partial charge in [0.15, 0.2) is 0 Å². The first-order chi connectivity index (χ1) is 6.22. The first kappa shape index (κ1) is 8.87. The molecule has 0 spiro atoms. The lowest BCUT2D eigenvalue weighted by atomic mass is 10.2. The van der Waals surface area contributed by atoms with Gasteiger partial charge in [0.2, 0.25) is 0 Å². The highest BCUT2D eigenvalue weighted by molar-refractivity contribution is 14.1. The molecule has 0 atom stereocenters. The molecule has 0 radical (unpaired) electrons. The minimum atomic E-state index is 0.944. The van der Waals surface area contributed by atoms with E-state index in [0.717, 1.165) is 9.32 Å². The summed E-state index contributed by atoms with van der Waals surface area (Å²) in [5, 5.41) is 1.22. The van der Waals surface area contributed by atoms with E-state index >= 15 is 0 Å². The van der Waals surface area contributed by atoms with Gasteiger partial charge in [0.1, 0.15) is 5.75 Å². The number of benzene rings is 1. The first-order valence-electron chi connectivity index (χ1n) is 4.01. The Labute approximate surface area is 90.6 Å². The number of fused-ring (bicyclic) bond motifs is 1. The topological polar surface area (TPSA) is 14.2 Å². The summed E-state index contributed by atoms with van der Waals surface area (Å²) >= 11 is 2.28. The molecule has 13 heavy (non-hydrogen) atoms. The molecule has 0 saturated heterocycles. The van der Waals surface area contributed by atoms with Crippen LogP contribution in [0.3, 0.4) is 0 Å². The van der Waals surface area contributed by atoms with Crippen molar-refractivity contribution in [1.82, 2.24) is 4.57 Å². The van der Waals surface area contributed by atoms with E-state index in [0.29, 0.717) is 0 Å². The highest BCUT2D eigenvalue weighted by atomic mass is 127. The van der Waals surface area contributed by atoms with Gasteiger partial charge in [-0.25, -0.2) is 0 Å². The minimum Gasteiger partial charge on any atom is -0.496 e. The second-order valence-electron chi connectivity index (χ2n) is 2.97. The Kier molecular flexibility index (Phi) is 2.19. The van der Waals surface area contributed by atoms with Crippen molar-refractivity contribution in [2.24, 2.45) is 7.05 Å². The van der Waals surface area contributed by atoms with Gasteiger partial charge in [0.25, 0.3) is 0 Å². The number of ether oxygens (including phenoxy) is 1. The Bertz CT molecular complexity index is 447. The first-order valence-corrected chi connectivity index (χ1v) is 5.09. The highest BCUT2D eigenvalue weighted by Crippen LogP contribution is 2.27. The van der Waals surface area contributed by atoms with E-state index in [4.69, 9.17) is 4.74 Å². The SMILES string of the molecule is COc1cc2ccn(C)c2cc1I. The van der Waals surface area contributed by atoms with Crippen LogP contribution in [-0.4, -0.2) is 11.7 Å². The molecular formula is C10H10INO. The number of nitrogens with zero attached hydrogens (tertiary/aromatic N) is 1. The van der Waals surface area contributed by atoms with Gasteiger partial charge in [-0.1, -0.05) is 0 Å². The van der Waals surface area contributed by atoms with Crippen molar-refractivity contribution in [3.8, 4) is 5.75 Å². The average molecular weight is 287 g/mol.